The fourth-order valence-corrected chi connectivity index (χ4v) is 1.65. The van der Waals surface area contributed by atoms with E-state index in [-0.39, 0.29) is 6.04 Å². The first kappa shape index (κ1) is 16.0. The lowest BCUT2D eigenvalue weighted by Gasteiger charge is -2.23. The highest BCUT2D eigenvalue weighted by molar-refractivity contribution is 5.96. The minimum Gasteiger partial charge on any atom is -0.480 e. The Morgan fingerprint density at radius 1 is 1.35 bits per heavy atom. The molecular weight excluding hydrogens is 260 g/mol. The van der Waals surface area contributed by atoms with Crippen LogP contribution in [0.4, 0.5) is 10.5 Å². The van der Waals surface area contributed by atoms with Gasteiger partial charge >= 0.3 is 12.0 Å². The summed E-state index contributed by atoms with van der Waals surface area (Å²) in [6.07, 6.45) is 0. The number of carbonyl (C=O) groups is 2. The van der Waals surface area contributed by atoms with Crippen LogP contribution in [0.1, 0.15) is 13.8 Å². The quantitative estimate of drug-likeness (QED) is 0.797. The maximum Gasteiger partial charge on any atom is 0.323 e. The number of nitrogens with zero attached hydrogens (tertiary/aromatic N) is 1. The maximum atomic E-state index is 12.1. The van der Waals surface area contributed by atoms with Gasteiger partial charge in [-0.15, -0.1) is 0 Å². The van der Waals surface area contributed by atoms with E-state index in [9.17, 15) is 9.59 Å². The van der Waals surface area contributed by atoms with Crippen molar-refractivity contribution in [3.63, 3.8) is 0 Å². The van der Waals surface area contributed by atoms with Crippen molar-refractivity contribution in [3.05, 3.63) is 30.3 Å². The van der Waals surface area contributed by atoms with Gasteiger partial charge in [0, 0.05) is 12.3 Å². The highest BCUT2D eigenvalue weighted by atomic mass is 16.5. The number of anilines is 1. The number of benzene rings is 1. The van der Waals surface area contributed by atoms with Crippen molar-refractivity contribution in [1.82, 2.24) is 5.32 Å². The van der Waals surface area contributed by atoms with Crippen molar-refractivity contribution in [1.29, 1.82) is 0 Å². The number of carboxylic acid groups (broad SMARTS) is 1. The first-order valence-corrected chi connectivity index (χ1v) is 6.47. The molecule has 0 aromatic heterocycles. The van der Waals surface area contributed by atoms with Gasteiger partial charge in [0.1, 0.15) is 6.54 Å². The average molecular weight is 280 g/mol. The van der Waals surface area contributed by atoms with E-state index in [0.29, 0.717) is 18.9 Å². The molecule has 2 N–H and O–H groups in total. The van der Waals surface area contributed by atoms with Crippen LogP contribution in [0.3, 0.4) is 0 Å². The van der Waals surface area contributed by atoms with E-state index in [1.807, 2.05) is 6.92 Å². The van der Waals surface area contributed by atoms with Crippen molar-refractivity contribution in [2.45, 2.75) is 19.9 Å². The highest BCUT2D eigenvalue weighted by Gasteiger charge is 2.20. The smallest absolute Gasteiger partial charge is 0.323 e. The number of nitrogens with one attached hydrogen (secondary N) is 1. The zero-order chi connectivity index (χ0) is 15.0. The molecule has 0 radical (unpaired) electrons. The van der Waals surface area contributed by atoms with Gasteiger partial charge in [-0.25, -0.2) is 4.79 Å². The molecule has 1 aromatic rings. The molecule has 0 saturated heterocycles. The number of carbonyl (C=O) groups excluding carboxylic acids is 1. The van der Waals surface area contributed by atoms with Gasteiger partial charge in [0.2, 0.25) is 0 Å². The van der Waals surface area contributed by atoms with Crippen LogP contribution < -0.4 is 10.2 Å². The molecule has 0 fully saturated rings. The van der Waals surface area contributed by atoms with Crippen LogP contribution in [-0.4, -0.2) is 42.9 Å². The maximum absolute atomic E-state index is 12.1. The van der Waals surface area contributed by atoms with E-state index in [2.05, 4.69) is 5.32 Å². The second kappa shape index (κ2) is 8.16. The van der Waals surface area contributed by atoms with Gasteiger partial charge in [0.25, 0.3) is 0 Å². The molecule has 1 aromatic carbocycles. The molecule has 0 heterocycles. The standard InChI is InChI=1S/C14H20N2O4/c1-3-20-10-11(2)15-14(19)16(9-13(17)18)12-7-5-4-6-8-12/h4-8,11H,3,9-10H2,1-2H3,(H,15,19)(H,17,18). The van der Waals surface area contributed by atoms with Crippen molar-refractivity contribution >= 4 is 17.7 Å². The lowest BCUT2D eigenvalue weighted by Crippen LogP contribution is -2.47. The number of urea groups is 1. The highest BCUT2D eigenvalue weighted by Crippen LogP contribution is 2.13. The van der Waals surface area contributed by atoms with Gasteiger partial charge in [-0.05, 0) is 26.0 Å². The van der Waals surface area contributed by atoms with E-state index < -0.39 is 18.5 Å². The largest absolute Gasteiger partial charge is 0.480 e. The predicted octanol–water partition coefficient (Wildman–Crippen LogP) is 1.71. The number of hydrogen-bond donors (Lipinski definition) is 2. The Hall–Kier alpha value is -2.08. The number of rotatable bonds is 7. The number of ether oxygens (including phenoxy) is 1. The second-order valence-electron chi connectivity index (χ2n) is 4.33. The lowest BCUT2D eigenvalue weighted by atomic mass is 10.3. The fraction of sp³-hybridized carbons (Fsp3) is 0.429. The van der Waals surface area contributed by atoms with Crippen molar-refractivity contribution in [3.8, 4) is 0 Å². The topological polar surface area (TPSA) is 78.9 Å². The summed E-state index contributed by atoms with van der Waals surface area (Å²) in [5.41, 5.74) is 0.538. The molecule has 0 aliphatic rings. The Kier molecular flexibility index (Phi) is 6.52. The molecule has 0 saturated carbocycles. The third kappa shape index (κ3) is 5.27. The molecule has 6 nitrogen and oxygen atoms in total. The third-order valence-corrected chi connectivity index (χ3v) is 2.55. The second-order valence-corrected chi connectivity index (χ2v) is 4.33. The average Bonchev–Trinajstić information content (AvgIpc) is 2.43. The van der Waals surface area contributed by atoms with Gasteiger partial charge in [-0.1, -0.05) is 18.2 Å². The molecule has 20 heavy (non-hydrogen) atoms. The van der Waals surface area contributed by atoms with E-state index in [1.54, 1.807) is 37.3 Å². The number of aliphatic carboxylic acids is 1. The predicted molar refractivity (Wildman–Crippen MR) is 75.9 cm³/mol. The molecular formula is C14H20N2O4. The van der Waals surface area contributed by atoms with Gasteiger partial charge in [0.05, 0.1) is 12.6 Å². The summed E-state index contributed by atoms with van der Waals surface area (Å²) in [5.74, 6) is -1.07. The molecule has 1 atom stereocenters. The lowest BCUT2D eigenvalue weighted by molar-refractivity contribution is -0.135. The molecule has 6 heteroatoms. The van der Waals surface area contributed by atoms with Gasteiger partial charge in [-0.3, -0.25) is 9.69 Å². The molecule has 1 unspecified atom stereocenters. The minimum atomic E-state index is -1.07. The number of hydrogen-bond acceptors (Lipinski definition) is 3. The summed E-state index contributed by atoms with van der Waals surface area (Å²) in [5, 5.41) is 11.6. The van der Waals surface area contributed by atoms with Crippen LogP contribution in [0.5, 0.6) is 0 Å². The number of amides is 2. The summed E-state index contributed by atoms with van der Waals surface area (Å²) >= 11 is 0. The fourth-order valence-electron chi connectivity index (χ4n) is 1.65. The molecule has 0 bridgehead atoms. The Labute approximate surface area is 118 Å². The van der Waals surface area contributed by atoms with Crippen LogP contribution >= 0.6 is 0 Å². The van der Waals surface area contributed by atoms with Crippen LogP contribution in [0, 0.1) is 0 Å². The zero-order valence-corrected chi connectivity index (χ0v) is 11.7. The van der Waals surface area contributed by atoms with Crippen LogP contribution in [0.2, 0.25) is 0 Å². The minimum absolute atomic E-state index is 0.192. The number of carboxylic acids is 1. The van der Waals surface area contributed by atoms with Crippen molar-refractivity contribution in [2.24, 2.45) is 0 Å². The Morgan fingerprint density at radius 2 is 2.00 bits per heavy atom. The van der Waals surface area contributed by atoms with E-state index >= 15 is 0 Å². The first-order chi connectivity index (χ1) is 9.54. The van der Waals surface area contributed by atoms with E-state index in [0.717, 1.165) is 0 Å². The summed E-state index contributed by atoms with van der Waals surface area (Å²) in [6.45, 7) is 4.24. The monoisotopic (exact) mass is 280 g/mol. The van der Waals surface area contributed by atoms with Gasteiger partial charge in [-0.2, -0.15) is 0 Å². The zero-order valence-electron chi connectivity index (χ0n) is 11.7. The normalized spacial score (nSPS) is 11.7. The van der Waals surface area contributed by atoms with Crippen LogP contribution in [-0.2, 0) is 9.53 Å². The van der Waals surface area contributed by atoms with Crippen LogP contribution in [0.25, 0.3) is 0 Å². The molecule has 2 amide bonds. The third-order valence-electron chi connectivity index (χ3n) is 2.55. The summed E-state index contributed by atoms with van der Waals surface area (Å²) in [7, 11) is 0. The van der Waals surface area contributed by atoms with Crippen LogP contribution in [0.15, 0.2) is 30.3 Å². The first-order valence-electron chi connectivity index (χ1n) is 6.47. The molecule has 0 spiro atoms. The Balaban J connectivity index is 2.73. The van der Waals surface area contributed by atoms with Crippen molar-refractivity contribution < 1.29 is 19.4 Å². The Morgan fingerprint density at radius 3 is 2.55 bits per heavy atom. The summed E-state index contributed by atoms with van der Waals surface area (Å²) in [6, 6.07) is 8.04. The van der Waals surface area contributed by atoms with Gasteiger partial charge < -0.3 is 15.2 Å². The summed E-state index contributed by atoms with van der Waals surface area (Å²) in [4.78, 5) is 24.2. The summed E-state index contributed by atoms with van der Waals surface area (Å²) < 4.78 is 5.21. The molecule has 1 rings (SSSR count). The van der Waals surface area contributed by atoms with E-state index in [1.165, 1.54) is 4.90 Å². The molecule has 0 aliphatic carbocycles. The van der Waals surface area contributed by atoms with Crippen molar-refractivity contribution in [2.75, 3.05) is 24.7 Å². The SMILES string of the molecule is CCOCC(C)NC(=O)N(CC(=O)O)c1ccccc1. The Bertz CT molecular complexity index is 436. The molecule has 0 aliphatic heterocycles. The van der Waals surface area contributed by atoms with E-state index in [4.69, 9.17) is 9.84 Å². The molecule has 110 valence electrons. The number of para-hydroxylation sites is 1. The van der Waals surface area contributed by atoms with Gasteiger partial charge in [0.15, 0.2) is 0 Å².